The molecule has 1 aromatic rings. The van der Waals surface area contributed by atoms with Crippen molar-refractivity contribution < 1.29 is 19.5 Å². The summed E-state index contributed by atoms with van der Waals surface area (Å²) >= 11 is 0. The molecule has 3 amide bonds. The Morgan fingerprint density at radius 3 is 2.23 bits per heavy atom. The molecule has 0 aliphatic carbocycles. The number of amides is 3. The minimum Gasteiger partial charge on any atom is -0.465 e. The van der Waals surface area contributed by atoms with Gasteiger partial charge in [0, 0.05) is 39.1 Å². The summed E-state index contributed by atoms with van der Waals surface area (Å²) in [6.07, 6.45) is -1.16. The molecule has 0 bridgehead atoms. The number of nitrogens with two attached hydrogens (primary N) is 2. The summed E-state index contributed by atoms with van der Waals surface area (Å²) in [6, 6.07) is 7.96. The highest BCUT2D eigenvalue weighted by Crippen LogP contribution is 2.14. The van der Waals surface area contributed by atoms with E-state index in [-0.39, 0.29) is 38.4 Å². The van der Waals surface area contributed by atoms with Crippen LogP contribution in [0.3, 0.4) is 0 Å². The summed E-state index contributed by atoms with van der Waals surface area (Å²) in [5.74, 6) is -0.752. The minimum absolute atomic E-state index is 0.0132. The summed E-state index contributed by atoms with van der Waals surface area (Å²) in [4.78, 5) is 37.0. The first-order valence-corrected chi connectivity index (χ1v) is 8.47. The fraction of sp³-hybridized carbons (Fsp3) is 0.471. The zero-order chi connectivity index (χ0) is 19.4. The largest absolute Gasteiger partial charge is 0.465 e. The first-order valence-electron chi connectivity index (χ1n) is 8.47. The Morgan fingerprint density at radius 2 is 1.65 bits per heavy atom. The summed E-state index contributed by atoms with van der Waals surface area (Å²) in [5.41, 5.74) is 11.5. The second-order valence-corrected chi connectivity index (χ2v) is 5.67. The third kappa shape index (κ3) is 7.49. The number of hydrogen-bond donors (Lipinski definition) is 5. The van der Waals surface area contributed by atoms with Crippen molar-refractivity contribution in [1.29, 1.82) is 0 Å². The van der Waals surface area contributed by atoms with Crippen molar-refractivity contribution in [3.05, 3.63) is 35.9 Å². The molecule has 1 rings (SSSR count). The maximum absolute atomic E-state index is 12.4. The molecule has 7 N–H and O–H groups in total. The Labute approximate surface area is 152 Å². The smallest absolute Gasteiger partial charge is 0.408 e. The zero-order valence-electron chi connectivity index (χ0n) is 14.7. The number of carbonyl (C=O) groups excluding carboxylic acids is 2. The van der Waals surface area contributed by atoms with Crippen molar-refractivity contribution in [1.82, 2.24) is 15.5 Å². The molecule has 0 aliphatic heterocycles. The second kappa shape index (κ2) is 11.8. The van der Waals surface area contributed by atoms with Crippen LogP contribution < -0.4 is 22.1 Å². The molecule has 0 saturated heterocycles. The SMILES string of the molecule is NCCNC(=O)CC[C@@H](C(=O)NCCN)N(Cc1ccccc1)C(=O)O. The van der Waals surface area contributed by atoms with Gasteiger partial charge in [0.05, 0.1) is 0 Å². The fourth-order valence-corrected chi connectivity index (χ4v) is 2.40. The van der Waals surface area contributed by atoms with E-state index in [1.165, 1.54) is 0 Å². The molecule has 9 heteroatoms. The number of hydrogen-bond acceptors (Lipinski definition) is 5. The first-order chi connectivity index (χ1) is 12.5. The van der Waals surface area contributed by atoms with E-state index in [1.54, 1.807) is 24.3 Å². The monoisotopic (exact) mass is 365 g/mol. The van der Waals surface area contributed by atoms with E-state index < -0.39 is 18.0 Å². The maximum Gasteiger partial charge on any atom is 0.408 e. The summed E-state index contributed by atoms with van der Waals surface area (Å²) < 4.78 is 0. The Hall–Kier alpha value is -2.65. The van der Waals surface area contributed by atoms with Crippen LogP contribution in [-0.2, 0) is 16.1 Å². The van der Waals surface area contributed by atoms with Gasteiger partial charge >= 0.3 is 6.09 Å². The van der Waals surface area contributed by atoms with Crippen LogP contribution in [0.25, 0.3) is 0 Å². The van der Waals surface area contributed by atoms with E-state index in [0.717, 1.165) is 10.5 Å². The van der Waals surface area contributed by atoms with Gasteiger partial charge in [0.1, 0.15) is 6.04 Å². The van der Waals surface area contributed by atoms with Crippen LogP contribution in [0.5, 0.6) is 0 Å². The Balaban J connectivity index is 2.88. The first kappa shape index (κ1) is 21.4. The molecular weight excluding hydrogens is 338 g/mol. The van der Waals surface area contributed by atoms with Crippen LogP contribution in [0.2, 0.25) is 0 Å². The lowest BCUT2D eigenvalue weighted by Gasteiger charge is -2.28. The molecule has 0 heterocycles. The third-order valence-corrected chi connectivity index (χ3v) is 3.68. The molecule has 0 aliphatic rings. The molecule has 0 spiro atoms. The third-order valence-electron chi connectivity index (χ3n) is 3.68. The van der Waals surface area contributed by atoms with Crippen molar-refractivity contribution >= 4 is 17.9 Å². The molecule has 0 fully saturated rings. The van der Waals surface area contributed by atoms with Crippen LogP contribution in [0.1, 0.15) is 18.4 Å². The van der Waals surface area contributed by atoms with Crippen LogP contribution in [0.4, 0.5) is 4.79 Å². The van der Waals surface area contributed by atoms with Gasteiger partial charge in [-0.2, -0.15) is 0 Å². The van der Waals surface area contributed by atoms with Gasteiger partial charge in [-0.3, -0.25) is 14.5 Å². The normalized spacial score (nSPS) is 11.5. The van der Waals surface area contributed by atoms with E-state index in [0.29, 0.717) is 13.1 Å². The molecule has 0 unspecified atom stereocenters. The van der Waals surface area contributed by atoms with E-state index >= 15 is 0 Å². The molecule has 144 valence electrons. The van der Waals surface area contributed by atoms with Crippen LogP contribution in [0, 0.1) is 0 Å². The van der Waals surface area contributed by atoms with Gasteiger partial charge in [0.2, 0.25) is 11.8 Å². The van der Waals surface area contributed by atoms with Crippen molar-refractivity contribution in [2.24, 2.45) is 11.5 Å². The van der Waals surface area contributed by atoms with Crippen molar-refractivity contribution in [2.75, 3.05) is 26.2 Å². The lowest BCUT2D eigenvalue weighted by atomic mass is 10.1. The van der Waals surface area contributed by atoms with Crippen molar-refractivity contribution in [3.63, 3.8) is 0 Å². The highest BCUT2D eigenvalue weighted by Gasteiger charge is 2.30. The van der Waals surface area contributed by atoms with Gasteiger partial charge in [-0.05, 0) is 12.0 Å². The summed E-state index contributed by atoms with van der Waals surface area (Å²) in [7, 11) is 0. The molecule has 0 saturated carbocycles. The number of nitrogens with zero attached hydrogens (tertiary/aromatic N) is 1. The average Bonchev–Trinajstić information content (AvgIpc) is 2.64. The van der Waals surface area contributed by atoms with E-state index in [4.69, 9.17) is 11.5 Å². The number of carbonyl (C=O) groups is 3. The zero-order valence-corrected chi connectivity index (χ0v) is 14.7. The van der Waals surface area contributed by atoms with Gasteiger partial charge in [-0.1, -0.05) is 30.3 Å². The number of rotatable bonds is 11. The molecule has 9 nitrogen and oxygen atoms in total. The van der Waals surface area contributed by atoms with Gasteiger partial charge in [0.15, 0.2) is 0 Å². The number of carboxylic acid groups (broad SMARTS) is 1. The quantitative estimate of drug-likeness (QED) is 0.355. The fourth-order valence-electron chi connectivity index (χ4n) is 2.40. The molecule has 1 atom stereocenters. The maximum atomic E-state index is 12.4. The van der Waals surface area contributed by atoms with Gasteiger partial charge in [-0.15, -0.1) is 0 Å². The predicted octanol–water partition coefficient (Wildman–Crippen LogP) is -0.535. The van der Waals surface area contributed by atoms with Gasteiger partial charge < -0.3 is 27.2 Å². The van der Waals surface area contributed by atoms with Crippen LogP contribution in [-0.4, -0.2) is 60.1 Å². The van der Waals surface area contributed by atoms with Crippen molar-refractivity contribution in [3.8, 4) is 0 Å². The highest BCUT2D eigenvalue weighted by molar-refractivity contribution is 5.86. The number of benzene rings is 1. The van der Waals surface area contributed by atoms with Crippen LogP contribution >= 0.6 is 0 Å². The summed E-state index contributed by atoms with van der Waals surface area (Å²) in [6.45, 7) is 1.15. The highest BCUT2D eigenvalue weighted by atomic mass is 16.4. The van der Waals surface area contributed by atoms with Gasteiger partial charge in [-0.25, -0.2) is 4.79 Å². The Bertz CT molecular complexity index is 582. The van der Waals surface area contributed by atoms with E-state index in [2.05, 4.69) is 10.6 Å². The lowest BCUT2D eigenvalue weighted by molar-refractivity contribution is -0.127. The number of nitrogens with one attached hydrogen (secondary N) is 2. The Kier molecular flexibility index (Phi) is 9.73. The molecule has 26 heavy (non-hydrogen) atoms. The Morgan fingerprint density at radius 1 is 1.04 bits per heavy atom. The minimum atomic E-state index is -1.23. The standard InChI is InChI=1S/C17H27N5O4/c18-8-10-20-15(23)7-6-14(16(24)21-11-9-19)22(17(25)26)12-13-4-2-1-3-5-13/h1-5,14H,6-12,18-19H2,(H,20,23)(H,21,24)(H,25,26)/t14-/m0/s1. The summed E-state index contributed by atoms with van der Waals surface area (Å²) in [5, 5.41) is 14.8. The molecule has 1 aromatic carbocycles. The topological polar surface area (TPSA) is 151 Å². The second-order valence-electron chi connectivity index (χ2n) is 5.67. The molecule has 0 radical (unpaired) electrons. The predicted molar refractivity (Wildman–Crippen MR) is 97.2 cm³/mol. The van der Waals surface area contributed by atoms with Crippen molar-refractivity contribution in [2.45, 2.75) is 25.4 Å². The van der Waals surface area contributed by atoms with E-state index in [1.807, 2.05) is 6.07 Å². The lowest BCUT2D eigenvalue weighted by Crippen LogP contribution is -2.50. The molecular formula is C17H27N5O4. The van der Waals surface area contributed by atoms with Crippen LogP contribution in [0.15, 0.2) is 30.3 Å². The average molecular weight is 365 g/mol. The van der Waals surface area contributed by atoms with Gasteiger partial charge in [0.25, 0.3) is 0 Å². The van der Waals surface area contributed by atoms with E-state index in [9.17, 15) is 19.5 Å². The molecule has 0 aromatic heterocycles.